The van der Waals surface area contributed by atoms with Gasteiger partial charge in [-0.2, -0.15) is 8.42 Å². The third-order valence-electron chi connectivity index (χ3n) is 1.34. The minimum Gasteiger partial charge on any atom is -0.299 e. The lowest BCUT2D eigenvalue weighted by Crippen LogP contribution is -2.24. The van der Waals surface area contributed by atoms with Crippen LogP contribution in [-0.4, -0.2) is 24.7 Å². The molecule has 0 aromatic heterocycles. The van der Waals surface area contributed by atoms with E-state index in [4.69, 9.17) is 10.8 Å². The second-order valence-electron chi connectivity index (χ2n) is 2.05. The van der Waals surface area contributed by atoms with E-state index < -0.39 is 10.3 Å². The van der Waals surface area contributed by atoms with Crippen LogP contribution in [0.3, 0.4) is 0 Å². The summed E-state index contributed by atoms with van der Waals surface area (Å²) in [5, 5.41) is 14.3. The summed E-state index contributed by atoms with van der Waals surface area (Å²) in [6, 6.07) is 0. The van der Waals surface area contributed by atoms with E-state index in [1.165, 1.54) is 6.08 Å². The molecule has 0 saturated carbocycles. The van der Waals surface area contributed by atoms with Crippen LogP contribution in [0.15, 0.2) is 12.2 Å². The monoisotopic (exact) mass is 170 g/mol. The molecule has 0 spiro atoms. The quantitative estimate of drug-likeness (QED) is 0.503. The molecule has 0 atom stereocenters. The van der Waals surface area contributed by atoms with Gasteiger partial charge < -0.3 is 0 Å². The summed E-state index contributed by atoms with van der Waals surface area (Å²) in [5.41, 5.74) is -0.240. The zero-order valence-corrected chi connectivity index (χ0v) is 6.40. The average molecular weight is 170 g/mol. The van der Waals surface area contributed by atoms with E-state index in [1.807, 2.05) is 0 Å². The Bertz CT molecular complexity index is 367. The molecule has 0 heterocycles. The summed E-state index contributed by atoms with van der Waals surface area (Å²) < 4.78 is 20.8. The highest BCUT2D eigenvalue weighted by Crippen LogP contribution is 1.99. The molecule has 0 fully saturated rings. The number of hydrogen-bond acceptors (Lipinski definition) is 4. The Labute approximate surface area is 65.1 Å². The van der Waals surface area contributed by atoms with Crippen LogP contribution in [0.25, 0.3) is 0 Å². The van der Waals surface area contributed by atoms with Crippen LogP contribution in [-0.2, 0) is 10.3 Å². The van der Waals surface area contributed by atoms with Gasteiger partial charge in [0.1, 0.15) is 4.86 Å². The zero-order valence-electron chi connectivity index (χ0n) is 5.59. The summed E-state index contributed by atoms with van der Waals surface area (Å²) >= 11 is 0. The first-order valence-electron chi connectivity index (χ1n) is 2.92. The Balaban J connectivity index is 3.28. The van der Waals surface area contributed by atoms with Crippen molar-refractivity contribution < 1.29 is 8.42 Å². The molecule has 58 valence electrons. The Morgan fingerprint density at radius 2 is 2.00 bits per heavy atom. The van der Waals surface area contributed by atoms with Gasteiger partial charge in [-0.25, -0.2) is 0 Å². The third-order valence-corrected chi connectivity index (χ3v) is 2.11. The fraction of sp³-hybridized carbons (Fsp3) is 0.167. The molecule has 1 rings (SSSR count). The second-order valence-corrected chi connectivity index (χ2v) is 3.02. The predicted molar refractivity (Wildman–Crippen MR) is 43.1 cm³/mol. The van der Waals surface area contributed by atoms with Gasteiger partial charge in [0.2, 0.25) is 10.3 Å². The van der Waals surface area contributed by atoms with E-state index in [9.17, 15) is 8.42 Å². The molecule has 0 aliphatic heterocycles. The number of nitrogens with one attached hydrogen (secondary N) is 2. The lowest BCUT2D eigenvalue weighted by atomic mass is 10.0. The summed E-state index contributed by atoms with van der Waals surface area (Å²) in [4.78, 5) is -0.00231. The summed E-state index contributed by atoms with van der Waals surface area (Å²) in [6.07, 6.45) is 3.22. The van der Waals surface area contributed by atoms with E-state index >= 15 is 0 Å². The molecule has 0 aromatic rings. The van der Waals surface area contributed by atoms with Crippen LogP contribution in [0.5, 0.6) is 0 Å². The van der Waals surface area contributed by atoms with E-state index in [0.29, 0.717) is 0 Å². The maximum atomic E-state index is 10.4. The molecule has 0 amide bonds. The molecular weight excluding hydrogens is 164 g/mol. The first-order chi connectivity index (χ1) is 5.13. The predicted octanol–water partition coefficient (Wildman–Crippen LogP) is 0.0373. The van der Waals surface area contributed by atoms with Gasteiger partial charge in [-0.05, 0) is 6.08 Å². The highest BCUT2D eigenvalue weighted by atomic mass is 32.2. The fourth-order valence-corrected chi connectivity index (χ4v) is 1.28. The standard InChI is InChI=1S/C6H6N2O2S/c7-4-2-1-3-5(6(4)8)11(9)10/h1-2,7-8H,3H2. The van der Waals surface area contributed by atoms with Crippen LogP contribution >= 0.6 is 0 Å². The van der Waals surface area contributed by atoms with E-state index in [0.717, 1.165) is 0 Å². The van der Waals surface area contributed by atoms with Gasteiger partial charge in [0, 0.05) is 6.42 Å². The van der Waals surface area contributed by atoms with Gasteiger partial charge in [0.25, 0.3) is 0 Å². The van der Waals surface area contributed by atoms with Crippen molar-refractivity contribution in [2.24, 2.45) is 0 Å². The molecule has 0 saturated heterocycles. The molecule has 0 aromatic carbocycles. The molecule has 0 bridgehead atoms. The van der Waals surface area contributed by atoms with E-state index in [1.54, 1.807) is 6.08 Å². The van der Waals surface area contributed by atoms with Crippen LogP contribution in [0.2, 0.25) is 0 Å². The topological polar surface area (TPSA) is 81.8 Å². The first-order valence-corrected chi connectivity index (χ1v) is 4.00. The summed E-state index contributed by atoms with van der Waals surface area (Å²) in [5.74, 6) is 0. The lowest BCUT2D eigenvalue weighted by molar-refractivity contribution is 0.627. The van der Waals surface area contributed by atoms with Crippen molar-refractivity contribution >= 4 is 26.6 Å². The van der Waals surface area contributed by atoms with Gasteiger partial charge in [0.05, 0.1) is 11.4 Å². The van der Waals surface area contributed by atoms with Crippen LogP contribution in [0, 0.1) is 10.8 Å². The minimum absolute atomic E-state index is 0.00231. The SMILES string of the molecule is N=C1C=CCC(=S(=O)=O)C1=N. The molecule has 0 radical (unpaired) electrons. The smallest absolute Gasteiger partial charge is 0.219 e. The molecule has 4 nitrogen and oxygen atoms in total. The molecule has 1 aliphatic rings. The summed E-state index contributed by atoms with van der Waals surface area (Å²) in [6.45, 7) is 0. The largest absolute Gasteiger partial charge is 0.299 e. The third kappa shape index (κ3) is 1.43. The molecule has 5 heteroatoms. The Hall–Kier alpha value is -1.23. The second kappa shape index (κ2) is 2.79. The van der Waals surface area contributed by atoms with Crippen molar-refractivity contribution in [3.63, 3.8) is 0 Å². The van der Waals surface area contributed by atoms with Gasteiger partial charge in [-0.15, -0.1) is 0 Å². The van der Waals surface area contributed by atoms with E-state index in [2.05, 4.69) is 0 Å². The summed E-state index contributed by atoms with van der Waals surface area (Å²) in [7, 11) is -2.35. The average Bonchev–Trinajstić information content (AvgIpc) is 1.94. The number of allylic oxidation sites excluding steroid dienone is 2. The molecule has 1 aliphatic carbocycles. The van der Waals surface area contributed by atoms with Gasteiger partial charge in [-0.1, -0.05) is 6.08 Å². The van der Waals surface area contributed by atoms with Crippen molar-refractivity contribution in [1.82, 2.24) is 0 Å². The highest BCUT2D eigenvalue weighted by molar-refractivity contribution is 7.75. The lowest BCUT2D eigenvalue weighted by Gasteiger charge is -2.05. The minimum atomic E-state index is -2.35. The molecule has 2 N–H and O–H groups in total. The normalized spacial score (nSPS) is 17.3. The maximum Gasteiger partial charge on any atom is 0.219 e. The highest BCUT2D eigenvalue weighted by Gasteiger charge is 2.14. The van der Waals surface area contributed by atoms with Crippen LogP contribution in [0.4, 0.5) is 0 Å². The zero-order chi connectivity index (χ0) is 8.43. The molecular formula is C6H6N2O2S. The Morgan fingerprint density at radius 3 is 2.45 bits per heavy atom. The van der Waals surface area contributed by atoms with Crippen LogP contribution < -0.4 is 0 Å². The van der Waals surface area contributed by atoms with E-state index in [-0.39, 0.29) is 22.7 Å². The van der Waals surface area contributed by atoms with Crippen molar-refractivity contribution in [1.29, 1.82) is 10.8 Å². The van der Waals surface area contributed by atoms with Crippen molar-refractivity contribution in [3.8, 4) is 0 Å². The Morgan fingerprint density at radius 1 is 1.36 bits per heavy atom. The Kier molecular flexibility index (Phi) is 2.00. The molecule has 11 heavy (non-hydrogen) atoms. The molecule has 0 unspecified atom stereocenters. The van der Waals surface area contributed by atoms with Crippen molar-refractivity contribution in [2.45, 2.75) is 6.42 Å². The maximum absolute atomic E-state index is 10.4. The number of rotatable bonds is 0. The first kappa shape index (κ1) is 7.87. The van der Waals surface area contributed by atoms with Gasteiger partial charge >= 0.3 is 0 Å². The number of hydrogen-bond donors (Lipinski definition) is 2. The van der Waals surface area contributed by atoms with Gasteiger partial charge in [-0.3, -0.25) is 10.8 Å². The van der Waals surface area contributed by atoms with Gasteiger partial charge in [0.15, 0.2) is 0 Å². The van der Waals surface area contributed by atoms with Crippen LogP contribution in [0.1, 0.15) is 6.42 Å². The van der Waals surface area contributed by atoms with Crippen molar-refractivity contribution in [2.75, 3.05) is 0 Å². The van der Waals surface area contributed by atoms with Crippen molar-refractivity contribution in [3.05, 3.63) is 12.2 Å². The fourth-order valence-electron chi connectivity index (χ4n) is 0.771.